The van der Waals surface area contributed by atoms with Gasteiger partial charge in [0.1, 0.15) is 0 Å². The van der Waals surface area contributed by atoms with Crippen molar-refractivity contribution in [1.82, 2.24) is 34.4 Å². The van der Waals surface area contributed by atoms with Gasteiger partial charge in [-0.2, -0.15) is 10.2 Å². The second kappa shape index (κ2) is 8.59. The van der Waals surface area contributed by atoms with Crippen molar-refractivity contribution >= 4 is 5.91 Å². The Kier molecular flexibility index (Phi) is 5.47. The highest BCUT2D eigenvalue weighted by Gasteiger charge is 2.30. The first kappa shape index (κ1) is 21.0. The first-order valence-corrected chi connectivity index (χ1v) is 10.9. The molecule has 1 amide bonds. The molecule has 0 aliphatic carbocycles. The van der Waals surface area contributed by atoms with Gasteiger partial charge in [0.05, 0.1) is 24.5 Å². The van der Waals surface area contributed by atoms with Crippen molar-refractivity contribution in [3.63, 3.8) is 0 Å². The van der Waals surface area contributed by atoms with Gasteiger partial charge < -0.3 is 10.0 Å². The average molecular weight is 444 g/mol. The van der Waals surface area contributed by atoms with E-state index in [4.69, 9.17) is 0 Å². The molecule has 1 N–H and O–H groups in total. The van der Waals surface area contributed by atoms with Crippen molar-refractivity contribution in [2.75, 3.05) is 13.1 Å². The highest BCUT2D eigenvalue weighted by Crippen LogP contribution is 2.27. The summed E-state index contributed by atoms with van der Waals surface area (Å²) in [4.78, 5) is 22.4. The molecule has 0 radical (unpaired) electrons. The smallest absolute Gasteiger partial charge is 0.219 e. The van der Waals surface area contributed by atoms with Crippen molar-refractivity contribution < 1.29 is 9.90 Å². The third-order valence-electron chi connectivity index (χ3n) is 6.08. The molecule has 4 aromatic rings. The number of likely N-dealkylation sites (tertiary alicyclic amines) is 1. The summed E-state index contributed by atoms with van der Waals surface area (Å²) >= 11 is 0. The number of carbonyl (C=O) groups is 1. The third kappa shape index (κ3) is 4.27. The maximum absolute atomic E-state index is 11.6. The van der Waals surface area contributed by atoms with Crippen LogP contribution < -0.4 is 0 Å². The Morgan fingerprint density at radius 1 is 0.970 bits per heavy atom. The number of hydrogen-bond donors (Lipinski definition) is 1. The van der Waals surface area contributed by atoms with E-state index in [1.165, 1.54) is 6.92 Å². The molecule has 3 aromatic heterocycles. The van der Waals surface area contributed by atoms with Gasteiger partial charge in [-0.05, 0) is 18.1 Å². The van der Waals surface area contributed by atoms with Gasteiger partial charge in [0, 0.05) is 74.1 Å². The Labute approximate surface area is 191 Å². The summed E-state index contributed by atoms with van der Waals surface area (Å²) < 4.78 is 3.56. The Balaban J connectivity index is 1.33. The molecular weight excluding hydrogens is 418 g/mol. The average Bonchev–Trinajstić information content (AvgIpc) is 3.49. The summed E-state index contributed by atoms with van der Waals surface area (Å²) in [5, 5.41) is 19.2. The molecule has 1 saturated heterocycles. The van der Waals surface area contributed by atoms with Crippen molar-refractivity contribution in [3.05, 3.63) is 61.4 Å². The van der Waals surface area contributed by atoms with Gasteiger partial charge in [0.15, 0.2) is 5.82 Å². The van der Waals surface area contributed by atoms with Gasteiger partial charge in [-0.25, -0.2) is 9.97 Å². The molecule has 1 aliphatic heterocycles. The number of amides is 1. The van der Waals surface area contributed by atoms with Crippen LogP contribution in [0.15, 0.2) is 61.4 Å². The Hall–Kier alpha value is -3.85. The molecule has 1 fully saturated rings. The molecule has 5 rings (SSSR count). The summed E-state index contributed by atoms with van der Waals surface area (Å²) in [5.74, 6) is 0.626. The van der Waals surface area contributed by atoms with Gasteiger partial charge >= 0.3 is 0 Å². The van der Waals surface area contributed by atoms with Crippen LogP contribution in [0.4, 0.5) is 0 Å². The number of benzene rings is 1. The van der Waals surface area contributed by atoms with Crippen LogP contribution in [0.2, 0.25) is 0 Å². The van der Waals surface area contributed by atoms with Crippen molar-refractivity contribution in [1.29, 1.82) is 0 Å². The predicted molar refractivity (Wildman–Crippen MR) is 123 cm³/mol. The standard InChI is InChI=1S/C24H25N7O2/c1-16(32)30-7-6-22(23(33)15-30)31-14-21(12-28-31)19-9-25-24(26-10-19)18-5-3-4-17(8-18)20-11-27-29(2)13-20/h3-5,8-14,22-23,33H,6-7,15H2,1-2H3/t22-,23?/m1/s1. The molecule has 0 saturated carbocycles. The molecule has 9 heteroatoms. The fourth-order valence-electron chi connectivity index (χ4n) is 4.22. The largest absolute Gasteiger partial charge is 0.389 e. The van der Waals surface area contributed by atoms with E-state index in [0.29, 0.717) is 25.3 Å². The topological polar surface area (TPSA) is 102 Å². The Bertz CT molecular complexity index is 1280. The van der Waals surface area contributed by atoms with Gasteiger partial charge in [-0.1, -0.05) is 18.2 Å². The fourth-order valence-corrected chi connectivity index (χ4v) is 4.22. The van der Waals surface area contributed by atoms with Crippen LogP contribution in [0.3, 0.4) is 0 Å². The minimum atomic E-state index is -0.652. The van der Waals surface area contributed by atoms with E-state index in [9.17, 15) is 9.90 Å². The van der Waals surface area contributed by atoms with Crippen LogP contribution in [0.25, 0.3) is 33.6 Å². The molecule has 1 aliphatic rings. The minimum absolute atomic E-state index is 0.0168. The number of aliphatic hydroxyl groups excluding tert-OH is 1. The number of β-amino-alcohol motifs (C(OH)–C–C–N with tert-alkyl or cyclic N) is 1. The van der Waals surface area contributed by atoms with E-state index >= 15 is 0 Å². The first-order valence-electron chi connectivity index (χ1n) is 10.9. The predicted octanol–water partition coefficient (Wildman–Crippen LogP) is 2.56. The number of hydrogen-bond acceptors (Lipinski definition) is 6. The number of rotatable bonds is 4. The molecule has 33 heavy (non-hydrogen) atoms. The summed E-state index contributed by atoms with van der Waals surface area (Å²) in [6.07, 6.45) is 11.0. The van der Waals surface area contributed by atoms with E-state index in [1.54, 1.807) is 32.9 Å². The van der Waals surface area contributed by atoms with Crippen LogP contribution in [0.5, 0.6) is 0 Å². The zero-order chi connectivity index (χ0) is 22.9. The Morgan fingerprint density at radius 3 is 2.39 bits per heavy atom. The monoisotopic (exact) mass is 443 g/mol. The van der Waals surface area contributed by atoms with Gasteiger partial charge in [-0.15, -0.1) is 0 Å². The lowest BCUT2D eigenvalue weighted by atomic mass is 10.0. The molecule has 9 nitrogen and oxygen atoms in total. The van der Waals surface area contributed by atoms with Crippen LogP contribution in [-0.2, 0) is 11.8 Å². The van der Waals surface area contributed by atoms with E-state index in [-0.39, 0.29) is 11.9 Å². The van der Waals surface area contributed by atoms with Gasteiger partial charge in [0.25, 0.3) is 0 Å². The first-order chi connectivity index (χ1) is 16.0. The normalized spacial score (nSPS) is 18.5. The molecule has 4 heterocycles. The van der Waals surface area contributed by atoms with E-state index < -0.39 is 6.10 Å². The number of aryl methyl sites for hydroxylation is 1. The molecular formula is C24H25N7O2. The molecule has 1 unspecified atom stereocenters. The summed E-state index contributed by atoms with van der Waals surface area (Å²) in [5.41, 5.74) is 4.76. The quantitative estimate of drug-likeness (QED) is 0.520. The number of piperidine rings is 1. The molecule has 2 atom stereocenters. The SMILES string of the molecule is CC(=O)N1CC[C@@H](n2cc(-c3cnc(-c4cccc(-c5cnn(C)c5)c4)nc3)cn2)C(O)C1. The maximum atomic E-state index is 11.6. The second-order valence-electron chi connectivity index (χ2n) is 8.38. The van der Waals surface area contributed by atoms with Crippen molar-refractivity contribution in [3.8, 4) is 33.6 Å². The minimum Gasteiger partial charge on any atom is -0.389 e. The van der Waals surface area contributed by atoms with Crippen molar-refractivity contribution in [2.45, 2.75) is 25.5 Å². The van der Waals surface area contributed by atoms with Crippen molar-refractivity contribution in [2.24, 2.45) is 7.05 Å². The molecule has 168 valence electrons. The van der Waals surface area contributed by atoms with E-state index in [1.807, 2.05) is 43.8 Å². The van der Waals surface area contributed by atoms with Gasteiger partial charge in [-0.3, -0.25) is 14.2 Å². The zero-order valence-corrected chi connectivity index (χ0v) is 18.5. The van der Waals surface area contributed by atoms with E-state index in [0.717, 1.165) is 27.8 Å². The van der Waals surface area contributed by atoms with Crippen LogP contribution >= 0.6 is 0 Å². The highest BCUT2D eigenvalue weighted by molar-refractivity contribution is 5.73. The zero-order valence-electron chi connectivity index (χ0n) is 18.5. The van der Waals surface area contributed by atoms with E-state index in [2.05, 4.69) is 26.2 Å². The molecule has 1 aromatic carbocycles. The van der Waals surface area contributed by atoms with Crippen LogP contribution in [0.1, 0.15) is 19.4 Å². The maximum Gasteiger partial charge on any atom is 0.219 e. The lowest BCUT2D eigenvalue weighted by Gasteiger charge is -2.35. The lowest BCUT2D eigenvalue weighted by molar-refractivity contribution is -0.133. The lowest BCUT2D eigenvalue weighted by Crippen LogP contribution is -2.46. The number of nitrogens with zero attached hydrogens (tertiary/aromatic N) is 7. The molecule has 0 bridgehead atoms. The molecule has 0 spiro atoms. The summed E-state index contributed by atoms with van der Waals surface area (Å²) in [6, 6.07) is 7.91. The second-order valence-corrected chi connectivity index (χ2v) is 8.38. The number of aromatic nitrogens is 6. The third-order valence-corrected chi connectivity index (χ3v) is 6.08. The van der Waals surface area contributed by atoms with Crippen LogP contribution in [0, 0.1) is 0 Å². The Morgan fingerprint density at radius 2 is 1.70 bits per heavy atom. The number of carbonyl (C=O) groups excluding carboxylic acids is 1. The fraction of sp³-hybridized carbons (Fsp3) is 0.292. The number of aliphatic hydroxyl groups is 1. The summed E-state index contributed by atoms with van der Waals surface area (Å²) in [7, 11) is 1.90. The van der Waals surface area contributed by atoms with Gasteiger partial charge in [0.2, 0.25) is 5.91 Å². The summed E-state index contributed by atoms with van der Waals surface area (Å²) in [6.45, 7) is 2.46. The highest BCUT2D eigenvalue weighted by atomic mass is 16.3. The van der Waals surface area contributed by atoms with Crippen LogP contribution in [-0.4, -0.2) is 64.6 Å².